The summed E-state index contributed by atoms with van der Waals surface area (Å²) in [6.07, 6.45) is 1.68. The Balaban J connectivity index is 2.15. The second-order valence-electron chi connectivity index (χ2n) is 8.25. The molecule has 0 N–H and O–H groups in total. The number of thioether (sulfide) groups is 1. The van der Waals surface area contributed by atoms with E-state index < -0.39 is 15.3 Å². The van der Waals surface area contributed by atoms with Crippen LogP contribution in [0.3, 0.4) is 0 Å². The lowest BCUT2D eigenvalue weighted by molar-refractivity contribution is -0.124. The fourth-order valence-corrected chi connectivity index (χ4v) is 7.50. The first-order valence-corrected chi connectivity index (χ1v) is 12.2. The van der Waals surface area contributed by atoms with Gasteiger partial charge in [-0.3, -0.25) is 4.79 Å². The number of amides is 1. The Morgan fingerprint density at radius 2 is 1.78 bits per heavy atom. The third-order valence-corrected chi connectivity index (χ3v) is 8.32. The molecule has 0 aromatic heterocycles. The smallest absolute Gasteiger partial charge is 0.253 e. The number of hydrogen-bond acceptors (Lipinski definition) is 4. The van der Waals surface area contributed by atoms with E-state index in [9.17, 15) is 13.2 Å². The summed E-state index contributed by atoms with van der Waals surface area (Å²) >= 11 is 1.45. The Kier molecular flexibility index (Phi) is 5.47. The molecule has 0 bridgehead atoms. The normalized spacial score (nSPS) is 25.8. The van der Waals surface area contributed by atoms with Gasteiger partial charge < -0.3 is 4.90 Å². The molecule has 0 spiro atoms. The van der Waals surface area contributed by atoms with Crippen molar-refractivity contribution in [3.05, 3.63) is 29.3 Å². The Morgan fingerprint density at radius 1 is 1.19 bits per heavy atom. The molecular formula is C20H28N2O3S2. The highest BCUT2D eigenvalue weighted by Crippen LogP contribution is 2.43. The number of carbonyl (C=O) groups is 1. The van der Waals surface area contributed by atoms with Gasteiger partial charge >= 0.3 is 0 Å². The number of hydrogen-bond donors (Lipinski definition) is 0. The monoisotopic (exact) mass is 408 g/mol. The highest BCUT2D eigenvalue weighted by atomic mass is 32.2. The first-order chi connectivity index (χ1) is 12.6. The first-order valence-electron chi connectivity index (χ1n) is 9.47. The van der Waals surface area contributed by atoms with Gasteiger partial charge in [-0.1, -0.05) is 64.6 Å². The quantitative estimate of drug-likeness (QED) is 0.766. The van der Waals surface area contributed by atoms with E-state index in [0.717, 1.165) is 29.7 Å². The van der Waals surface area contributed by atoms with Crippen molar-refractivity contribution in [2.24, 2.45) is 10.4 Å². The molecule has 2 aliphatic heterocycles. The summed E-state index contributed by atoms with van der Waals surface area (Å²) in [6, 6.07) is 6.05. The summed E-state index contributed by atoms with van der Waals surface area (Å²) in [5.41, 5.74) is 2.80. The van der Waals surface area contributed by atoms with Crippen molar-refractivity contribution in [2.45, 2.75) is 58.8 Å². The summed E-state index contributed by atoms with van der Waals surface area (Å²) in [6.45, 7) is 9.76. The molecule has 0 aliphatic carbocycles. The number of rotatable bonds is 3. The topological polar surface area (TPSA) is 66.8 Å². The zero-order valence-corrected chi connectivity index (χ0v) is 18.3. The fourth-order valence-electron chi connectivity index (χ4n) is 3.61. The van der Waals surface area contributed by atoms with Gasteiger partial charge in [-0.05, 0) is 24.0 Å². The van der Waals surface area contributed by atoms with Gasteiger partial charge in [-0.25, -0.2) is 8.42 Å². The van der Waals surface area contributed by atoms with Crippen molar-refractivity contribution in [3.8, 4) is 0 Å². The number of aliphatic imine (C=N–C) groups is 1. The lowest BCUT2D eigenvalue weighted by Gasteiger charge is -2.29. The predicted octanol–water partition coefficient (Wildman–Crippen LogP) is 3.46. The maximum Gasteiger partial charge on any atom is 0.253 e. The maximum atomic E-state index is 12.6. The number of anilines is 1. The summed E-state index contributed by atoms with van der Waals surface area (Å²) in [5, 5.41) is 0.576. The van der Waals surface area contributed by atoms with Crippen molar-refractivity contribution >= 4 is 38.4 Å². The van der Waals surface area contributed by atoms with Crippen LogP contribution >= 0.6 is 11.8 Å². The largest absolute Gasteiger partial charge is 0.315 e. The van der Waals surface area contributed by atoms with Gasteiger partial charge in [0.1, 0.15) is 0 Å². The minimum Gasteiger partial charge on any atom is -0.315 e. The molecule has 2 aliphatic rings. The summed E-state index contributed by atoms with van der Waals surface area (Å²) < 4.78 is 24.5. The van der Waals surface area contributed by atoms with Crippen molar-refractivity contribution in [1.29, 1.82) is 0 Å². The number of para-hydroxylation sites is 1. The van der Waals surface area contributed by atoms with E-state index in [0.29, 0.717) is 5.17 Å². The lowest BCUT2D eigenvalue weighted by Crippen LogP contribution is -2.39. The second kappa shape index (κ2) is 7.24. The Bertz CT molecular complexity index is 863. The molecule has 7 heteroatoms. The number of aryl methyl sites for hydroxylation is 2. The van der Waals surface area contributed by atoms with Gasteiger partial charge in [0.2, 0.25) is 0 Å². The third kappa shape index (κ3) is 3.94. The van der Waals surface area contributed by atoms with E-state index in [2.05, 4.69) is 35.9 Å². The van der Waals surface area contributed by atoms with Gasteiger partial charge in [0, 0.05) is 16.4 Å². The first kappa shape index (κ1) is 20.4. The standard InChI is InChI=1S/C20H28N2O3S2/c1-6-13-9-8-10-14(7-2)17(13)22-15-11-27(24,25)12-16(15)26-19(22)21-18(23)20(3,4)5/h8-10,15-16H,6-7,11-12H2,1-5H3/t15-,16+/m0/s1. The van der Waals surface area contributed by atoms with Crippen molar-refractivity contribution in [2.75, 3.05) is 16.4 Å². The third-order valence-electron chi connectivity index (χ3n) is 5.11. The van der Waals surface area contributed by atoms with Crippen LogP contribution in [0.5, 0.6) is 0 Å². The fraction of sp³-hybridized carbons (Fsp3) is 0.600. The molecule has 5 nitrogen and oxygen atoms in total. The van der Waals surface area contributed by atoms with Crippen LogP contribution in [-0.4, -0.2) is 42.3 Å². The predicted molar refractivity (Wildman–Crippen MR) is 113 cm³/mol. The summed E-state index contributed by atoms with van der Waals surface area (Å²) in [7, 11) is -3.07. The van der Waals surface area contributed by atoms with Crippen molar-refractivity contribution in [1.82, 2.24) is 0 Å². The van der Waals surface area contributed by atoms with E-state index in [1.807, 2.05) is 26.8 Å². The highest BCUT2D eigenvalue weighted by Gasteiger charge is 2.50. The molecule has 3 rings (SSSR count). The molecule has 148 valence electrons. The molecule has 2 fully saturated rings. The van der Waals surface area contributed by atoms with Crippen LogP contribution < -0.4 is 4.90 Å². The molecule has 1 amide bonds. The van der Waals surface area contributed by atoms with Crippen LogP contribution in [0.25, 0.3) is 0 Å². The van der Waals surface area contributed by atoms with Gasteiger partial charge in [0.05, 0.1) is 17.5 Å². The van der Waals surface area contributed by atoms with Gasteiger partial charge in [-0.15, -0.1) is 0 Å². The van der Waals surface area contributed by atoms with E-state index in [-0.39, 0.29) is 28.7 Å². The van der Waals surface area contributed by atoms with Crippen molar-refractivity contribution in [3.63, 3.8) is 0 Å². The molecule has 1 aromatic carbocycles. The molecule has 2 heterocycles. The molecule has 27 heavy (non-hydrogen) atoms. The summed E-state index contributed by atoms with van der Waals surface area (Å²) in [4.78, 5) is 19.1. The average Bonchev–Trinajstić information content (AvgIpc) is 3.04. The molecule has 0 unspecified atom stereocenters. The van der Waals surface area contributed by atoms with Crippen LogP contribution in [0.15, 0.2) is 23.2 Å². The molecular weight excluding hydrogens is 380 g/mol. The van der Waals surface area contributed by atoms with Gasteiger partial charge in [0.15, 0.2) is 15.0 Å². The number of benzene rings is 1. The van der Waals surface area contributed by atoms with Crippen molar-refractivity contribution < 1.29 is 13.2 Å². The Labute approximate surface area is 166 Å². The number of carbonyl (C=O) groups excluding carboxylic acids is 1. The number of nitrogens with zero attached hydrogens (tertiary/aromatic N) is 2. The minimum atomic E-state index is -3.07. The Hall–Kier alpha value is -1.34. The van der Waals surface area contributed by atoms with E-state index >= 15 is 0 Å². The van der Waals surface area contributed by atoms with Crippen LogP contribution in [0, 0.1) is 5.41 Å². The van der Waals surface area contributed by atoms with E-state index in [1.165, 1.54) is 11.8 Å². The number of sulfone groups is 1. The van der Waals surface area contributed by atoms with Crippen LogP contribution in [0.4, 0.5) is 5.69 Å². The van der Waals surface area contributed by atoms with Gasteiger partial charge in [0.25, 0.3) is 5.91 Å². The summed E-state index contributed by atoms with van der Waals surface area (Å²) in [5.74, 6) is 0.0937. The molecule has 2 saturated heterocycles. The number of fused-ring (bicyclic) bond motifs is 1. The van der Waals surface area contributed by atoms with E-state index in [1.54, 1.807) is 0 Å². The Morgan fingerprint density at radius 3 is 2.30 bits per heavy atom. The molecule has 2 atom stereocenters. The lowest BCUT2D eigenvalue weighted by atomic mass is 9.96. The average molecular weight is 409 g/mol. The molecule has 0 radical (unpaired) electrons. The maximum absolute atomic E-state index is 12.6. The van der Waals surface area contributed by atoms with E-state index in [4.69, 9.17) is 0 Å². The molecule has 0 saturated carbocycles. The van der Waals surface area contributed by atoms with Crippen LogP contribution in [0.1, 0.15) is 45.7 Å². The van der Waals surface area contributed by atoms with Gasteiger partial charge in [-0.2, -0.15) is 4.99 Å². The number of amidine groups is 1. The van der Waals surface area contributed by atoms with Crippen LogP contribution in [0.2, 0.25) is 0 Å². The SMILES string of the molecule is CCc1cccc(CC)c1N1C(=NC(=O)C(C)(C)C)S[C@@H]2CS(=O)(=O)C[C@@H]21. The highest BCUT2D eigenvalue weighted by molar-refractivity contribution is 8.16. The minimum absolute atomic E-state index is 0.0730. The molecule has 1 aromatic rings. The zero-order valence-electron chi connectivity index (χ0n) is 16.7. The zero-order chi connectivity index (χ0) is 20.0. The second-order valence-corrected chi connectivity index (χ2v) is 11.6. The van der Waals surface area contributed by atoms with Crippen LogP contribution in [-0.2, 0) is 27.5 Å².